The van der Waals surface area contributed by atoms with Gasteiger partial charge in [0.1, 0.15) is 12.4 Å². The number of H-pyrrole nitrogens is 1. The third kappa shape index (κ3) is 2.88. The minimum absolute atomic E-state index is 0.146. The smallest absolute Gasteiger partial charge is 0.243 e. The molecule has 0 spiro atoms. The van der Waals surface area contributed by atoms with Crippen LogP contribution in [0.2, 0.25) is 0 Å². The summed E-state index contributed by atoms with van der Waals surface area (Å²) in [6.45, 7) is 6.62. The molecule has 1 fully saturated rings. The number of aromatic nitrogens is 3. The van der Waals surface area contributed by atoms with Gasteiger partial charge in [0.25, 0.3) is 0 Å². The molecule has 6 heteroatoms. The molecule has 1 aromatic heterocycles. The number of nitrogens with zero attached hydrogens (tertiary/aromatic N) is 3. The van der Waals surface area contributed by atoms with Crippen molar-refractivity contribution in [2.45, 2.75) is 65.1 Å². The minimum Gasteiger partial charge on any atom is -0.336 e. The molecule has 2 atom stereocenters. The molecule has 1 amide bonds. The highest BCUT2D eigenvalue weighted by Crippen LogP contribution is 2.23. The van der Waals surface area contributed by atoms with Crippen molar-refractivity contribution in [1.29, 1.82) is 0 Å². The van der Waals surface area contributed by atoms with Gasteiger partial charge in [0, 0.05) is 18.5 Å². The number of carbonyl (C=O) groups is 1. The summed E-state index contributed by atoms with van der Waals surface area (Å²) in [7, 11) is 0. The molecule has 1 aromatic rings. The number of carbonyl (C=O) groups excluding carboxylic acids is 1. The first-order chi connectivity index (χ1) is 9.04. The predicted molar refractivity (Wildman–Crippen MR) is 76.4 cm³/mol. The summed E-state index contributed by atoms with van der Waals surface area (Å²) >= 11 is 5.21. The standard InChI is InChI=1S/C13H22N4OS/c1-4-5-11-14-15-13(19)16(11)8-12(18)17-9(2)6-7-10(17)3/h9-10H,4-8H2,1-3H3,(H,15,19)/t9-,10-/m0/s1. The first-order valence-electron chi connectivity index (χ1n) is 6.99. The summed E-state index contributed by atoms with van der Waals surface area (Å²) in [4.78, 5) is 14.4. The quantitative estimate of drug-likeness (QED) is 0.862. The molecular formula is C13H22N4OS. The number of aromatic amines is 1. The molecule has 0 bridgehead atoms. The number of aryl methyl sites for hydroxylation is 1. The molecule has 2 rings (SSSR count). The zero-order valence-corrected chi connectivity index (χ0v) is 12.7. The lowest BCUT2D eigenvalue weighted by molar-refractivity contribution is -0.134. The minimum atomic E-state index is 0.146. The molecule has 0 radical (unpaired) electrons. The maximum Gasteiger partial charge on any atom is 0.243 e. The summed E-state index contributed by atoms with van der Waals surface area (Å²) in [5, 5.41) is 6.98. The van der Waals surface area contributed by atoms with Crippen LogP contribution < -0.4 is 0 Å². The average Bonchev–Trinajstić information content (AvgIpc) is 2.86. The van der Waals surface area contributed by atoms with E-state index >= 15 is 0 Å². The second kappa shape index (κ2) is 5.86. The van der Waals surface area contributed by atoms with Gasteiger partial charge in [-0.1, -0.05) is 6.92 Å². The Labute approximate surface area is 119 Å². The number of nitrogens with one attached hydrogen (secondary N) is 1. The molecule has 1 N–H and O–H groups in total. The Morgan fingerprint density at radius 3 is 2.63 bits per heavy atom. The lowest BCUT2D eigenvalue weighted by atomic mass is 10.2. The number of hydrogen-bond donors (Lipinski definition) is 1. The maximum absolute atomic E-state index is 12.5. The fourth-order valence-corrected chi connectivity index (χ4v) is 3.05. The lowest BCUT2D eigenvalue weighted by Crippen LogP contribution is -2.40. The van der Waals surface area contributed by atoms with Crippen LogP contribution in [-0.2, 0) is 17.8 Å². The molecular weight excluding hydrogens is 260 g/mol. The molecule has 5 nitrogen and oxygen atoms in total. The Kier molecular flexibility index (Phi) is 4.39. The van der Waals surface area contributed by atoms with E-state index in [4.69, 9.17) is 12.2 Å². The van der Waals surface area contributed by atoms with E-state index in [9.17, 15) is 4.79 Å². The molecule has 2 heterocycles. The van der Waals surface area contributed by atoms with E-state index in [0.29, 0.717) is 23.4 Å². The van der Waals surface area contributed by atoms with Crippen LogP contribution in [0.25, 0.3) is 0 Å². The largest absolute Gasteiger partial charge is 0.336 e. The fraction of sp³-hybridized carbons (Fsp3) is 0.769. The number of hydrogen-bond acceptors (Lipinski definition) is 3. The van der Waals surface area contributed by atoms with Crippen LogP contribution in [0.3, 0.4) is 0 Å². The van der Waals surface area contributed by atoms with Crippen LogP contribution in [0.15, 0.2) is 0 Å². The van der Waals surface area contributed by atoms with Gasteiger partial charge in [0.2, 0.25) is 5.91 Å². The van der Waals surface area contributed by atoms with E-state index in [1.165, 1.54) is 0 Å². The van der Waals surface area contributed by atoms with Crippen LogP contribution >= 0.6 is 12.2 Å². The van der Waals surface area contributed by atoms with Gasteiger partial charge in [-0.3, -0.25) is 14.5 Å². The third-order valence-corrected chi connectivity index (χ3v) is 4.16. The molecule has 0 saturated carbocycles. The molecule has 106 valence electrons. The highest BCUT2D eigenvalue weighted by molar-refractivity contribution is 7.71. The first-order valence-corrected chi connectivity index (χ1v) is 7.40. The Hall–Kier alpha value is -1.17. The molecule has 0 aromatic carbocycles. The maximum atomic E-state index is 12.5. The van der Waals surface area contributed by atoms with Gasteiger partial charge in [0.05, 0.1) is 0 Å². The van der Waals surface area contributed by atoms with Crippen LogP contribution in [-0.4, -0.2) is 37.7 Å². The van der Waals surface area contributed by atoms with Crippen molar-refractivity contribution in [3.8, 4) is 0 Å². The molecule has 0 aliphatic carbocycles. The van der Waals surface area contributed by atoms with E-state index in [1.54, 1.807) is 0 Å². The van der Waals surface area contributed by atoms with Gasteiger partial charge in [-0.05, 0) is 45.3 Å². The van der Waals surface area contributed by atoms with E-state index in [-0.39, 0.29) is 5.91 Å². The fourth-order valence-electron chi connectivity index (χ4n) is 2.83. The second-order valence-electron chi connectivity index (χ2n) is 5.36. The van der Waals surface area contributed by atoms with Crippen molar-refractivity contribution >= 4 is 18.1 Å². The van der Waals surface area contributed by atoms with Crippen LogP contribution in [0.1, 0.15) is 45.9 Å². The molecule has 1 saturated heterocycles. The SMILES string of the molecule is CCCc1n[nH]c(=S)n1CC(=O)N1[C@@H](C)CC[C@@H]1C. The topological polar surface area (TPSA) is 53.9 Å². The Bertz CT molecular complexity index is 497. The average molecular weight is 282 g/mol. The predicted octanol–water partition coefficient (Wildman–Crippen LogP) is 2.29. The van der Waals surface area contributed by atoms with Crippen molar-refractivity contribution < 1.29 is 4.79 Å². The van der Waals surface area contributed by atoms with Crippen LogP contribution in [0, 0.1) is 4.77 Å². The van der Waals surface area contributed by atoms with Crippen molar-refractivity contribution in [1.82, 2.24) is 19.7 Å². The van der Waals surface area contributed by atoms with Crippen LogP contribution in [0.4, 0.5) is 0 Å². The third-order valence-electron chi connectivity index (χ3n) is 3.84. The van der Waals surface area contributed by atoms with Gasteiger partial charge in [0.15, 0.2) is 4.77 Å². The zero-order valence-electron chi connectivity index (χ0n) is 11.8. The van der Waals surface area contributed by atoms with Crippen molar-refractivity contribution in [3.05, 3.63) is 10.6 Å². The molecule has 1 aliphatic heterocycles. The number of amides is 1. The van der Waals surface area contributed by atoms with E-state index < -0.39 is 0 Å². The van der Waals surface area contributed by atoms with Crippen molar-refractivity contribution in [3.63, 3.8) is 0 Å². The normalized spacial score (nSPS) is 23.0. The zero-order chi connectivity index (χ0) is 14.0. The summed E-state index contributed by atoms with van der Waals surface area (Å²) < 4.78 is 2.37. The van der Waals surface area contributed by atoms with Gasteiger partial charge >= 0.3 is 0 Å². The highest BCUT2D eigenvalue weighted by Gasteiger charge is 2.31. The summed E-state index contributed by atoms with van der Waals surface area (Å²) in [5.74, 6) is 1.02. The van der Waals surface area contributed by atoms with E-state index in [1.807, 2.05) is 9.47 Å². The van der Waals surface area contributed by atoms with Gasteiger partial charge in [-0.2, -0.15) is 5.10 Å². The number of rotatable bonds is 4. The van der Waals surface area contributed by atoms with Crippen molar-refractivity contribution in [2.75, 3.05) is 0 Å². The Morgan fingerprint density at radius 2 is 2.05 bits per heavy atom. The molecule has 19 heavy (non-hydrogen) atoms. The van der Waals surface area contributed by atoms with E-state index in [2.05, 4.69) is 31.0 Å². The Morgan fingerprint density at radius 1 is 1.42 bits per heavy atom. The second-order valence-corrected chi connectivity index (χ2v) is 5.74. The van der Waals surface area contributed by atoms with E-state index in [0.717, 1.165) is 31.5 Å². The molecule has 1 aliphatic rings. The monoisotopic (exact) mass is 282 g/mol. The first kappa shape index (κ1) is 14.2. The highest BCUT2D eigenvalue weighted by atomic mass is 32.1. The summed E-state index contributed by atoms with van der Waals surface area (Å²) in [5.41, 5.74) is 0. The van der Waals surface area contributed by atoms with Crippen LogP contribution in [0.5, 0.6) is 0 Å². The Balaban J connectivity index is 2.15. The summed E-state index contributed by atoms with van der Waals surface area (Å²) in [6.07, 6.45) is 4.01. The van der Waals surface area contributed by atoms with Gasteiger partial charge in [-0.25, -0.2) is 0 Å². The number of likely N-dealkylation sites (tertiary alicyclic amines) is 1. The van der Waals surface area contributed by atoms with Crippen molar-refractivity contribution in [2.24, 2.45) is 0 Å². The van der Waals surface area contributed by atoms with Gasteiger partial charge < -0.3 is 4.90 Å². The molecule has 0 unspecified atom stereocenters. The lowest BCUT2D eigenvalue weighted by Gasteiger charge is -2.26. The van der Waals surface area contributed by atoms with Gasteiger partial charge in [-0.15, -0.1) is 0 Å². The summed E-state index contributed by atoms with van der Waals surface area (Å²) in [6, 6.07) is 0.663.